The summed E-state index contributed by atoms with van der Waals surface area (Å²) < 4.78 is 43.1. The van der Waals surface area contributed by atoms with Crippen molar-refractivity contribution >= 4 is 11.8 Å². The molecule has 1 saturated heterocycles. The largest absolute Gasteiger partial charge is 0.497 e. The van der Waals surface area contributed by atoms with Crippen molar-refractivity contribution in [2.24, 2.45) is 0 Å². The van der Waals surface area contributed by atoms with E-state index in [-0.39, 0.29) is 24.8 Å². The summed E-state index contributed by atoms with van der Waals surface area (Å²) in [6, 6.07) is 12.3. The molecule has 1 aliphatic rings. The van der Waals surface area contributed by atoms with Gasteiger partial charge in [-0.15, -0.1) is 0 Å². The molecule has 31 heavy (non-hydrogen) atoms. The van der Waals surface area contributed by atoms with Gasteiger partial charge in [0.2, 0.25) is 11.8 Å². The van der Waals surface area contributed by atoms with Gasteiger partial charge in [-0.25, -0.2) is 0 Å². The summed E-state index contributed by atoms with van der Waals surface area (Å²) in [6.45, 7) is 0.148. The Morgan fingerprint density at radius 3 is 2.29 bits per heavy atom. The monoisotopic (exact) mass is 434 g/mol. The number of ether oxygens (including phenoxy) is 1. The number of halogens is 3. The molecule has 166 valence electrons. The van der Waals surface area contributed by atoms with Gasteiger partial charge in [0.05, 0.1) is 12.7 Å². The van der Waals surface area contributed by atoms with Gasteiger partial charge < -0.3 is 15.4 Å². The lowest BCUT2D eigenvalue weighted by Gasteiger charge is -2.29. The molecule has 2 N–H and O–H groups in total. The summed E-state index contributed by atoms with van der Waals surface area (Å²) >= 11 is 0. The second-order valence-corrected chi connectivity index (χ2v) is 7.82. The van der Waals surface area contributed by atoms with Crippen molar-refractivity contribution in [3.63, 3.8) is 0 Å². The average Bonchev–Trinajstić information content (AvgIpc) is 3.11. The van der Waals surface area contributed by atoms with Crippen molar-refractivity contribution < 1.29 is 27.5 Å². The number of hydrogen-bond donors (Lipinski definition) is 2. The molecule has 0 aromatic heterocycles. The van der Waals surface area contributed by atoms with Gasteiger partial charge in [-0.1, -0.05) is 24.3 Å². The first-order valence-electron chi connectivity index (χ1n) is 10.1. The highest BCUT2D eigenvalue weighted by molar-refractivity contribution is 5.80. The zero-order chi connectivity index (χ0) is 22.5. The molecule has 5 nitrogen and oxygen atoms in total. The SMILES string of the molecule is COc1ccc(CC2(CCC(=O)NCc3ccc(C(F)(F)F)cc3)CCC(=O)N2)cc1. The molecule has 2 aromatic carbocycles. The number of methoxy groups -OCH3 is 1. The molecule has 2 amide bonds. The molecule has 0 radical (unpaired) electrons. The zero-order valence-electron chi connectivity index (χ0n) is 17.2. The van der Waals surface area contributed by atoms with Gasteiger partial charge >= 0.3 is 6.18 Å². The summed E-state index contributed by atoms with van der Waals surface area (Å²) in [5, 5.41) is 5.78. The van der Waals surface area contributed by atoms with Crippen molar-refractivity contribution in [2.75, 3.05) is 7.11 Å². The first-order chi connectivity index (χ1) is 14.7. The van der Waals surface area contributed by atoms with Crippen molar-refractivity contribution in [1.29, 1.82) is 0 Å². The molecule has 3 rings (SSSR count). The second kappa shape index (κ2) is 9.41. The maximum atomic E-state index is 12.6. The van der Waals surface area contributed by atoms with Crippen LogP contribution in [-0.4, -0.2) is 24.5 Å². The van der Waals surface area contributed by atoms with E-state index in [1.165, 1.54) is 12.1 Å². The van der Waals surface area contributed by atoms with Crippen molar-refractivity contribution in [3.05, 3.63) is 65.2 Å². The third kappa shape index (κ3) is 6.23. The number of carbonyl (C=O) groups excluding carboxylic acids is 2. The highest BCUT2D eigenvalue weighted by Crippen LogP contribution is 2.31. The van der Waals surface area contributed by atoms with Crippen LogP contribution in [-0.2, 0) is 28.7 Å². The molecular weight excluding hydrogens is 409 g/mol. The summed E-state index contributed by atoms with van der Waals surface area (Å²) in [7, 11) is 1.59. The maximum absolute atomic E-state index is 12.6. The smallest absolute Gasteiger partial charge is 0.416 e. The van der Waals surface area contributed by atoms with Crippen LogP contribution in [0.5, 0.6) is 5.75 Å². The fraction of sp³-hybridized carbons (Fsp3) is 0.391. The van der Waals surface area contributed by atoms with Gasteiger partial charge in [0, 0.05) is 24.9 Å². The molecule has 8 heteroatoms. The van der Waals surface area contributed by atoms with E-state index in [2.05, 4.69) is 10.6 Å². The molecule has 1 fully saturated rings. The minimum absolute atomic E-state index is 0.0290. The predicted octanol–water partition coefficient (Wildman–Crippen LogP) is 4.00. The molecule has 0 aliphatic carbocycles. The Morgan fingerprint density at radius 1 is 1.10 bits per heavy atom. The molecule has 0 saturated carbocycles. The Labute approximate surface area is 179 Å². The number of nitrogens with one attached hydrogen (secondary N) is 2. The van der Waals surface area contributed by atoms with Crippen LogP contribution in [0.15, 0.2) is 48.5 Å². The Hall–Kier alpha value is -3.03. The van der Waals surface area contributed by atoms with E-state index in [0.717, 1.165) is 23.4 Å². The van der Waals surface area contributed by atoms with E-state index in [9.17, 15) is 22.8 Å². The van der Waals surface area contributed by atoms with E-state index in [1.54, 1.807) is 7.11 Å². The van der Waals surface area contributed by atoms with Crippen LogP contribution in [0.2, 0.25) is 0 Å². The second-order valence-electron chi connectivity index (χ2n) is 7.82. The number of benzene rings is 2. The molecular formula is C23H25F3N2O3. The molecule has 2 aromatic rings. The van der Waals surface area contributed by atoms with E-state index in [0.29, 0.717) is 31.2 Å². The topological polar surface area (TPSA) is 67.4 Å². The zero-order valence-corrected chi connectivity index (χ0v) is 17.2. The van der Waals surface area contributed by atoms with Crippen LogP contribution in [0.25, 0.3) is 0 Å². The van der Waals surface area contributed by atoms with Crippen LogP contribution in [0.3, 0.4) is 0 Å². The average molecular weight is 434 g/mol. The Bertz CT molecular complexity index is 911. The quantitative estimate of drug-likeness (QED) is 0.660. The van der Waals surface area contributed by atoms with Gasteiger partial charge in [0.1, 0.15) is 5.75 Å². The predicted molar refractivity (Wildman–Crippen MR) is 109 cm³/mol. The third-order valence-electron chi connectivity index (χ3n) is 5.54. The normalized spacial score (nSPS) is 18.5. The van der Waals surface area contributed by atoms with Crippen LogP contribution >= 0.6 is 0 Å². The highest BCUT2D eigenvalue weighted by atomic mass is 19.4. The number of rotatable bonds is 8. The highest BCUT2D eigenvalue weighted by Gasteiger charge is 2.37. The fourth-order valence-electron chi connectivity index (χ4n) is 3.77. The van der Waals surface area contributed by atoms with Gasteiger partial charge in [0.15, 0.2) is 0 Å². The molecule has 1 unspecified atom stereocenters. The van der Waals surface area contributed by atoms with Crippen molar-refractivity contribution in [3.8, 4) is 5.75 Å². The lowest BCUT2D eigenvalue weighted by molar-refractivity contribution is -0.137. The van der Waals surface area contributed by atoms with Crippen LogP contribution < -0.4 is 15.4 Å². The number of hydrogen-bond acceptors (Lipinski definition) is 3. The van der Waals surface area contributed by atoms with Gasteiger partial charge in [-0.2, -0.15) is 13.2 Å². The van der Waals surface area contributed by atoms with E-state index in [1.807, 2.05) is 24.3 Å². The van der Waals surface area contributed by atoms with Gasteiger partial charge in [-0.05, 0) is 54.7 Å². The summed E-state index contributed by atoms with van der Waals surface area (Å²) in [5.41, 5.74) is 0.411. The van der Waals surface area contributed by atoms with Crippen molar-refractivity contribution in [2.45, 2.75) is 50.4 Å². The standard InChI is InChI=1S/C23H25F3N2O3/c1-31-19-8-4-16(5-9-19)14-22(13-11-21(30)28-22)12-10-20(29)27-15-17-2-6-18(7-3-17)23(24,25)26/h2-9H,10-15H2,1H3,(H,27,29)(H,28,30). The van der Waals surface area contributed by atoms with E-state index in [4.69, 9.17) is 4.74 Å². The van der Waals surface area contributed by atoms with E-state index >= 15 is 0 Å². The number of alkyl halides is 3. The number of carbonyl (C=O) groups is 2. The Balaban J connectivity index is 1.54. The van der Waals surface area contributed by atoms with Crippen molar-refractivity contribution in [1.82, 2.24) is 10.6 Å². The van der Waals surface area contributed by atoms with Crippen LogP contribution in [0.1, 0.15) is 42.4 Å². The third-order valence-corrected chi connectivity index (χ3v) is 5.54. The summed E-state index contributed by atoms with van der Waals surface area (Å²) in [5.74, 6) is 0.504. The van der Waals surface area contributed by atoms with Gasteiger partial charge in [0.25, 0.3) is 0 Å². The summed E-state index contributed by atoms with van der Waals surface area (Å²) in [6.07, 6.45) is -2.03. The maximum Gasteiger partial charge on any atom is 0.416 e. The minimum Gasteiger partial charge on any atom is -0.497 e. The van der Waals surface area contributed by atoms with Crippen LogP contribution in [0, 0.1) is 0 Å². The molecule has 1 heterocycles. The molecule has 0 bridgehead atoms. The lowest BCUT2D eigenvalue weighted by Crippen LogP contribution is -2.44. The fourth-order valence-corrected chi connectivity index (χ4v) is 3.77. The molecule has 1 aliphatic heterocycles. The minimum atomic E-state index is -4.38. The Kier molecular flexibility index (Phi) is 6.87. The first kappa shape index (κ1) is 22.7. The first-order valence-corrected chi connectivity index (χ1v) is 10.1. The molecule has 0 spiro atoms. The Morgan fingerprint density at radius 2 is 1.74 bits per heavy atom. The number of amides is 2. The van der Waals surface area contributed by atoms with Crippen LogP contribution in [0.4, 0.5) is 13.2 Å². The van der Waals surface area contributed by atoms with E-state index < -0.39 is 17.3 Å². The lowest BCUT2D eigenvalue weighted by atomic mass is 9.85. The van der Waals surface area contributed by atoms with Gasteiger partial charge in [-0.3, -0.25) is 9.59 Å². The molecule has 1 atom stereocenters. The summed E-state index contributed by atoms with van der Waals surface area (Å²) in [4.78, 5) is 24.2.